The van der Waals surface area contributed by atoms with E-state index in [1.807, 2.05) is 20.8 Å². The Morgan fingerprint density at radius 2 is 2.06 bits per heavy atom. The normalized spacial score (nSPS) is 15.4. The topological polar surface area (TPSA) is 50.2 Å². The van der Waals surface area contributed by atoms with Crippen LogP contribution in [0.5, 0.6) is 0 Å². The molecule has 1 N–H and O–H groups in total. The van der Waals surface area contributed by atoms with E-state index in [1.54, 1.807) is 31.3 Å². The molecule has 0 aliphatic heterocycles. The molecule has 0 spiro atoms. The summed E-state index contributed by atoms with van der Waals surface area (Å²) in [6.07, 6.45) is 0.783. The molecule has 0 amide bonds. The van der Waals surface area contributed by atoms with Gasteiger partial charge in [0, 0.05) is 10.9 Å². The van der Waals surface area contributed by atoms with Crippen molar-refractivity contribution in [1.82, 2.24) is 4.98 Å². The highest BCUT2D eigenvalue weighted by molar-refractivity contribution is 8.14. The second-order valence-electron chi connectivity index (χ2n) is 5.02. The molecule has 1 aromatic heterocycles. The number of carbonyl (C=O) groups is 1. The number of hydrogen-bond donors (Lipinski definition) is 1. The third kappa shape index (κ3) is 4.48. The molecule has 4 heteroatoms. The monoisotopic (exact) mass is 253 g/mol. The summed E-state index contributed by atoms with van der Waals surface area (Å²) < 4.78 is -0.130. The van der Waals surface area contributed by atoms with Crippen molar-refractivity contribution >= 4 is 16.9 Å². The van der Waals surface area contributed by atoms with Gasteiger partial charge in [-0.2, -0.15) is 0 Å². The molecule has 0 bridgehead atoms. The summed E-state index contributed by atoms with van der Waals surface area (Å²) in [5.41, 5.74) is 0.544. The fraction of sp³-hybridized carbons (Fsp3) is 0.538. The molecule has 94 valence electrons. The van der Waals surface area contributed by atoms with Gasteiger partial charge >= 0.3 is 0 Å². The van der Waals surface area contributed by atoms with Gasteiger partial charge in [0.15, 0.2) is 5.12 Å². The molecule has 0 aromatic carbocycles. The summed E-state index contributed by atoms with van der Waals surface area (Å²) >= 11 is 1.26. The molecule has 0 aliphatic rings. The summed E-state index contributed by atoms with van der Waals surface area (Å²) in [7, 11) is 0. The Kier molecular flexibility index (Phi) is 4.71. The molecule has 0 fully saturated rings. The summed E-state index contributed by atoms with van der Waals surface area (Å²) in [6.45, 7) is 7.68. The molecule has 0 aliphatic carbocycles. The SMILES string of the molecule is CC(C(=O)SC(C)(C)C)C(O)c1ccccn1. The van der Waals surface area contributed by atoms with Gasteiger partial charge < -0.3 is 5.11 Å². The maximum absolute atomic E-state index is 11.9. The van der Waals surface area contributed by atoms with Gasteiger partial charge in [-0.25, -0.2) is 0 Å². The smallest absolute Gasteiger partial charge is 0.195 e. The molecule has 1 rings (SSSR count). The molecule has 17 heavy (non-hydrogen) atoms. The molecule has 0 saturated carbocycles. The third-order valence-corrected chi connectivity index (χ3v) is 3.43. The Morgan fingerprint density at radius 1 is 1.41 bits per heavy atom. The van der Waals surface area contributed by atoms with Crippen molar-refractivity contribution in [3.05, 3.63) is 30.1 Å². The number of thioether (sulfide) groups is 1. The minimum atomic E-state index is -0.835. The van der Waals surface area contributed by atoms with Gasteiger partial charge in [0.2, 0.25) is 0 Å². The third-order valence-electron chi connectivity index (χ3n) is 2.24. The van der Waals surface area contributed by atoms with Crippen molar-refractivity contribution < 1.29 is 9.90 Å². The van der Waals surface area contributed by atoms with Crippen LogP contribution in [-0.2, 0) is 4.79 Å². The van der Waals surface area contributed by atoms with Crippen LogP contribution in [0.15, 0.2) is 24.4 Å². The maximum Gasteiger partial charge on any atom is 0.195 e. The lowest BCUT2D eigenvalue weighted by atomic mass is 10.0. The summed E-state index contributed by atoms with van der Waals surface area (Å²) in [4.78, 5) is 16.0. The van der Waals surface area contributed by atoms with Crippen LogP contribution in [0.1, 0.15) is 39.5 Å². The Morgan fingerprint density at radius 3 is 2.53 bits per heavy atom. The van der Waals surface area contributed by atoms with E-state index in [2.05, 4.69) is 4.98 Å². The molecule has 2 unspecified atom stereocenters. The Hall–Kier alpha value is -0.870. The number of aromatic nitrogens is 1. The first kappa shape index (κ1) is 14.2. The highest BCUT2D eigenvalue weighted by atomic mass is 32.2. The Bertz CT molecular complexity index is 373. The van der Waals surface area contributed by atoms with Gasteiger partial charge in [-0.15, -0.1) is 0 Å². The number of nitrogens with zero attached hydrogens (tertiary/aromatic N) is 1. The van der Waals surface area contributed by atoms with Gasteiger partial charge in [0.25, 0.3) is 0 Å². The summed E-state index contributed by atoms with van der Waals surface area (Å²) in [6, 6.07) is 5.32. The van der Waals surface area contributed by atoms with Crippen LogP contribution in [0.4, 0.5) is 0 Å². The summed E-state index contributed by atoms with van der Waals surface area (Å²) in [5, 5.41) is 10.1. The maximum atomic E-state index is 11.9. The van der Waals surface area contributed by atoms with Gasteiger partial charge in [-0.1, -0.05) is 45.5 Å². The number of rotatable bonds is 3. The van der Waals surface area contributed by atoms with Crippen LogP contribution in [0.3, 0.4) is 0 Å². The van der Waals surface area contributed by atoms with Crippen LogP contribution in [-0.4, -0.2) is 20.0 Å². The zero-order chi connectivity index (χ0) is 13.1. The number of aliphatic hydroxyl groups is 1. The van der Waals surface area contributed by atoms with Gasteiger partial charge in [0.1, 0.15) is 6.10 Å². The minimum Gasteiger partial charge on any atom is -0.386 e. The molecule has 1 aromatic rings. The number of aliphatic hydroxyl groups excluding tert-OH is 1. The predicted octanol–water partition coefficient (Wildman–Crippen LogP) is 2.81. The lowest BCUT2D eigenvalue weighted by Gasteiger charge is -2.22. The van der Waals surface area contributed by atoms with Gasteiger partial charge in [-0.05, 0) is 12.1 Å². The van der Waals surface area contributed by atoms with Crippen LogP contribution < -0.4 is 0 Å². The van der Waals surface area contributed by atoms with Crippen LogP contribution in [0, 0.1) is 5.92 Å². The fourth-order valence-electron chi connectivity index (χ4n) is 1.33. The van der Waals surface area contributed by atoms with Crippen molar-refractivity contribution in [2.45, 2.75) is 38.5 Å². The largest absolute Gasteiger partial charge is 0.386 e. The van der Waals surface area contributed by atoms with Crippen LogP contribution in [0.2, 0.25) is 0 Å². The average molecular weight is 253 g/mol. The molecule has 2 atom stereocenters. The highest BCUT2D eigenvalue weighted by Crippen LogP contribution is 2.31. The number of hydrogen-bond acceptors (Lipinski definition) is 4. The zero-order valence-electron chi connectivity index (χ0n) is 10.7. The first-order valence-corrected chi connectivity index (χ1v) is 6.45. The quantitative estimate of drug-likeness (QED) is 0.900. The van der Waals surface area contributed by atoms with Crippen molar-refractivity contribution in [2.24, 2.45) is 5.92 Å². The minimum absolute atomic E-state index is 0.00402. The highest BCUT2D eigenvalue weighted by Gasteiger charge is 2.28. The first-order chi connectivity index (χ1) is 7.81. The molecule has 0 saturated heterocycles. The first-order valence-electron chi connectivity index (χ1n) is 5.63. The van der Waals surface area contributed by atoms with E-state index in [0.717, 1.165) is 0 Å². The van der Waals surface area contributed by atoms with Crippen molar-refractivity contribution in [3.63, 3.8) is 0 Å². The van der Waals surface area contributed by atoms with E-state index >= 15 is 0 Å². The van der Waals surface area contributed by atoms with E-state index in [4.69, 9.17) is 0 Å². The second-order valence-corrected chi connectivity index (χ2v) is 6.85. The number of carbonyl (C=O) groups excluding carboxylic acids is 1. The lowest BCUT2D eigenvalue weighted by Crippen LogP contribution is -2.22. The molecule has 1 heterocycles. The molecular weight excluding hydrogens is 234 g/mol. The predicted molar refractivity (Wildman–Crippen MR) is 70.7 cm³/mol. The van der Waals surface area contributed by atoms with E-state index < -0.39 is 12.0 Å². The van der Waals surface area contributed by atoms with Crippen LogP contribution in [0.25, 0.3) is 0 Å². The summed E-state index contributed by atoms with van der Waals surface area (Å²) in [5.74, 6) is -0.450. The standard InChI is InChI=1S/C13H19NO2S/c1-9(12(16)17-13(2,3)4)11(15)10-7-5-6-8-14-10/h5-9,11,15H,1-4H3. The van der Waals surface area contributed by atoms with Crippen molar-refractivity contribution in [2.75, 3.05) is 0 Å². The van der Waals surface area contributed by atoms with E-state index in [1.165, 1.54) is 11.8 Å². The molecule has 0 radical (unpaired) electrons. The van der Waals surface area contributed by atoms with Crippen LogP contribution >= 0.6 is 11.8 Å². The Labute approximate surface area is 107 Å². The molecule has 3 nitrogen and oxygen atoms in total. The van der Waals surface area contributed by atoms with Gasteiger partial charge in [0.05, 0.1) is 11.6 Å². The zero-order valence-corrected chi connectivity index (χ0v) is 11.5. The van der Waals surface area contributed by atoms with Crippen molar-refractivity contribution in [1.29, 1.82) is 0 Å². The van der Waals surface area contributed by atoms with E-state index in [-0.39, 0.29) is 9.86 Å². The lowest BCUT2D eigenvalue weighted by molar-refractivity contribution is -0.117. The van der Waals surface area contributed by atoms with E-state index in [0.29, 0.717) is 5.69 Å². The van der Waals surface area contributed by atoms with Gasteiger partial charge in [-0.3, -0.25) is 9.78 Å². The molecular formula is C13H19NO2S. The van der Waals surface area contributed by atoms with Crippen molar-refractivity contribution in [3.8, 4) is 0 Å². The van der Waals surface area contributed by atoms with E-state index in [9.17, 15) is 9.90 Å². The fourth-order valence-corrected chi connectivity index (χ4v) is 2.25. The Balaban J connectivity index is 2.70. The number of pyridine rings is 1. The second kappa shape index (κ2) is 5.65. The average Bonchev–Trinajstić information content (AvgIpc) is 2.26.